The highest BCUT2D eigenvalue weighted by atomic mass is 35.5. The van der Waals surface area contributed by atoms with Crippen LogP contribution in [0.25, 0.3) is 0 Å². The number of carboxylic acid groups (broad SMARTS) is 1. The summed E-state index contributed by atoms with van der Waals surface area (Å²) >= 11 is 5.68. The molecule has 0 aliphatic rings. The van der Waals surface area contributed by atoms with Crippen LogP contribution in [0.3, 0.4) is 0 Å². The molecule has 0 saturated carbocycles. The Morgan fingerprint density at radius 1 is 1.44 bits per heavy atom. The number of unbranched alkanes of at least 4 members (excludes halogenated alkanes) is 1. The number of aliphatic carboxylic acids is 1. The van der Waals surface area contributed by atoms with Gasteiger partial charge in [-0.2, -0.15) is 0 Å². The molecule has 1 rings (SSSR count). The Morgan fingerprint density at radius 2 is 2.17 bits per heavy atom. The van der Waals surface area contributed by atoms with Gasteiger partial charge in [-0.25, -0.2) is 0 Å². The van der Waals surface area contributed by atoms with Crippen molar-refractivity contribution in [3.8, 4) is 0 Å². The second kappa shape index (κ2) is 6.80. The molecule has 0 heterocycles. The Bertz CT molecular complexity index is 451. The molecule has 2 N–H and O–H groups in total. The summed E-state index contributed by atoms with van der Waals surface area (Å²) in [5.74, 6) is -0.840. The molecule has 6 nitrogen and oxygen atoms in total. The highest BCUT2D eigenvalue weighted by Crippen LogP contribution is 2.27. The van der Waals surface area contributed by atoms with Crippen molar-refractivity contribution in [2.24, 2.45) is 0 Å². The third-order valence-electron chi connectivity index (χ3n) is 2.29. The second-order valence-electron chi connectivity index (χ2n) is 3.70. The maximum Gasteiger partial charge on any atom is 0.303 e. The quantitative estimate of drug-likeness (QED) is 0.452. The van der Waals surface area contributed by atoms with E-state index in [1.54, 1.807) is 6.07 Å². The summed E-state index contributed by atoms with van der Waals surface area (Å²) in [6.07, 6.45) is 1.26. The van der Waals surface area contributed by atoms with Crippen LogP contribution in [0, 0.1) is 10.1 Å². The van der Waals surface area contributed by atoms with Crippen LogP contribution < -0.4 is 5.32 Å². The maximum atomic E-state index is 10.8. The van der Waals surface area contributed by atoms with Crippen LogP contribution >= 0.6 is 11.6 Å². The van der Waals surface area contributed by atoms with Gasteiger partial charge in [-0.3, -0.25) is 14.9 Å². The van der Waals surface area contributed by atoms with Crippen molar-refractivity contribution in [3.05, 3.63) is 33.3 Å². The largest absolute Gasteiger partial charge is 0.481 e. The van der Waals surface area contributed by atoms with E-state index in [0.29, 0.717) is 30.1 Å². The molecule has 1 aromatic rings. The number of nitro groups is 1. The second-order valence-corrected chi connectivity index (χ2v) is 4.13. The molecule has 0 aliphatic heterocycles. The zero-order valence-corrected chi connectivity index (χ0v) is 10.3. The summed E-state index contributed by atoms with van der Waals surface area (Å²) in [5, 5.41) is 22.4. The first-order chi connectivity index (χ1) is 8.50. The Balaban J connectivity index is 2.51. The predicted molar refractivity (Wildman–Crippen MR) is 68.1 cm³/mol. The average Bonchev–Trinajstić information content (AvgIpc) is 2.29. The summed E-state index contributed by atoms with van der Waals surface area (Å²) in [6, 6.07) is 4.38. The normalized spacial score (nSPS) is 10.1. The van der Waals surface area contributed by atoms with E-state index in [9.17, 15) is 14.9 Å². The van der Waals surface area contributed by atoms with Crippen LogP contribution in [0.1, 0.15) is 19.3 Å². The van der Waals surface area contributed by atoms with Gasteiger partial charge in [0.2, 0.25) is 0 Å². The molecule has 0 fully saturated rings. The van der Waals surface area contributed by atoms with Crippen molar-refractivity contribution in [2.45, 2.75) is 19.3 Å². The highest BCUT2D eigenvalue weighted by Gasteiger charge is 2.13. The summed E-state index contributed by atoms with van der Waals surface area (Å²) in [4.78, 5) is 20.6. The predicted octanol–water partition coefficient (Wildman–Crippen LogP) is 2.92. The first-order valence-corrected chi connectivity index (χ1v) is 5.78. The molecule has 0 spiro atoms. The van der Waals surface area contributed by atoms with Gasteiger partial charge >= 0.3 is 5.97 Å². The number of hydrogen-bond donors (Lipinski definition) is 2. The number of benzene rings is 1. The number of nitrogens with one attached hydrogen (secondary N) is 1. The van der Waals surface area contributed by atoms with E-state index in [1.807, 2.05) is 0 Å². The summed E-state index contributed by atoms with van der Waals surface area (Å²) < 4.78 is 0. The van der Waals surface area contributed by atoms with Crippen LogP contribution in [0.5, 0.6) is 0 Å². The number of hydrogen-bond acceptors (Lipinski definition) is 4. The minimum Gasteiger partial charge on any atom is -0.481 e. The molecule has 0 bridgehead atoms. The number of carboxylic acids is 1. The van der Waals surface area contributed by atoms with E-state index in [0.717, 1.165) is 0 Å². The molecule has 0 aliphatic carbocycles. The van der Waals surface area contributed by atoms with Crippen molar-refractivity contribution in [3.63, 3.8) is 0 Å². The van der Waals surface area contributed by atoms with E-state index in [-0.39, 0.29) is 12.1 Å². The Labute approximate surface area is 109 Å². The van der Waals surface area contributed by atoms with Crippen molar-refractivity contribution in [2.75, 3.05) is 11.9 Å². The van der Waals surface area contributed by atoms with E-state index < -0.39 is 10.9 Å². The van der Waals surface area contributed by atoms with Crippen molar-refractivity contribution >= 4 is 28.9 Å². The smallest absolute Gasteiger partial charge is 0.303 e. The van der Waals surface area contributed by atoms with Gasteiger partial charge in [0.1, 0.15) is 5.69 Å². The number of nitrogens with zero attached hydrogens (tertiary/aromatic N) is 1. The number of halogens is 1. The SMILES string of the molecule is O=C(O)CCCCNc1ccc(Cl)cc1[N+](=O)[O-]. The molecule has 7 heteroatoms. The number of rotatable bonds is 7. The fraction of sp³-hybridized carbons (Fsp3) is 0.364. The zero-order chi connectivity index (χ0) is 13.5. The number of nitro benzene ring substituents is 1. The molecule has 0 atom stereocenters. The third kappa shape index (κ3) is 4.58. The summed E-state index contributed by atoms with van der Waals surface area (Å²) in [5.41, 5.74) is 0.306. The molecule has 98 valence electrons. The molecule has 1 aromatic carbocycles. The number of anilines is 1. The highest BCUT2D eigenvalue weighted by molar-refractivity contribution is 6.30. The minimum absolute atomic E-state index is 0.0827. The average molecular weight is 273 g/mol. The van der Waals surface area contributed by atoms with Crippen LogP contribution in [-0.4, -0.2) is 22.5 Å². The first kappa shape index (κ1) is 14.2. The molecule has 0 amide bonds. The van der Waals surface area contributed by atoms with E-state index in [1.165, 1.54) is 12.1 Å². The van der Waals surface area contributed by atoms with Crippen molar-refractivity contribution in [1.82, 2.24) is 0 Å². The Kier molecular flexibility index (Phi) is 5.38. The van der Waals surface area contributed by atoms with Crippen molar-refractivity contribution < 1.29 is 14.8 Å². The lowest BCUT2D eigenvalue weighted by Gasteiger charge is -2.06. The molecule has 0 unspecified atom stereocenters. The van der Waals surface area contributed by atoms with Gasteiger partial charge in [0.05, 0.1) is 4.92 Å². The van der Waals surface area contributed by atoms with Gasteiger partial charge in [0, 0.05) is 24.1 Å². The number of carbonyl (C=O) groups is 1. The van der Waals surface area contributed by atoms with Crippen LogP contribution in [0.4, 0.5) is 11.4 Å². The van der Waals surface area contributed by atoms with E-state index >= 15 is 0 Å². The fourth-order valence-electron chi connectivity index (χ4n) is 1.43. The lowest BCUT2D eigenvalue weighted by molar-refractivity contribution is -0.383. The third-order valence-corrected chi connectivity index (χ3v) is 2.52. The monoisotopic (exact) mass is 272 g/mol. The van der Waals surface area contributed by atoms with Gasteiger partial charge in [-0.15, -0.1) is 0 Å². The Morgan fingerprint density at radius 3 is 2.78 bits per heavy atom. The Hall–Kier alpha value is -1.82. The minimum atomic E-state index is -0.840. The molecule has 0 aromatic heterocycles. The van der Waals surface area contributed by atoms with Crippen LogP contribution in [0.15, 0.2) is 18.2 Å². The van der Waals surface area contributed by atoms with Gasteiger partial charge in [-0.1, -0.05) is 11.6 Å². The van der Waals surface area contributed by atoms with Gasteiger partial charge < -0.3 is 10.4 Å². The fourth-order valence-corrected chi connectivity index (χ4v) is 1.60. The lowest BCUT2D eigenvalue weighted by Crippen LogP contribution is -2.05. The molecular weight excluding hydrogens is 260 g/mol. The summed E-state index contributed by atoms with van der Waals surface area (Å²) in [6.45, 7) is 0.482. The summed E-state index contributed by atoms with van der Waals surface area (Å²) in [7, 11) is 0. The lowest BCUT2D eigenvalue weighted by atomic mass is 10.2. The molecule has 0 radical (unpaired) electrons. The van der Waals surface area contributed by atoms with Crippen LogP contribution in [0.2, 0.25) is 5.02 Å². The molecule has 0 saturated heterocycles. The first-order valence-electron chi connectivity index (χ1n) is 5.40. The van der Waals surface area contributed by atoms with Gasteiger partial charge in [-0.05, 0) is 25.0 Å². The van der Waals surface area contributed by atoms with E-state index in [4.69, 9.17) is 16.7 Å². The van der Waals surface area contributed by atoms with Crippen LogP contribution in [-0.2, 0) is 4.79 Å². The maximum absolute atomic E-state index is 10.8. The van der Waals surface area contributed by atoms with Crippen molar-refractivity contribution in [1.29, 1.82) is 0 Å². The molecule has 18 heavy (non-hydrogen) atoms. The molecular formula is C11H13ClN2O4. The topological polar surface area (TPSA) is 92.5 Å². The standard InChI is InChI=1S/C11H13ClN2O4/c12-8-4-5-9(10(7-8)14(17)18)13-6-2-1-3-11(15)16/h4-5,7,13H,1-3,6H2,(H,15,16). The van der Waals surface area contributed by atoms with E-state index in [2.05, 4.69) is 5.32 Å². The zero-order valence-electron chi connectivity index (χ0n) is 9.56. The van der Waals surface area contributed by atoms with Gasteiger partial charge in [0.15, 0.2) is 0 Å². The van der Waals surface area contributed by atoms with Gasteiger partial charge in [0.25, 0.3) is 5.69 Å².